The monoisotopic (exact) mass is 421 g/mol. The van der Waals surface area contributed by atoms with Gasteiger partial charge in [0, 0.05) is 50.7 Å². The lowest BCUT2D eigenvalue weighted by Crippen LogP contribution is -2.53. The summed E-state index contributed by atoms with van der Waals surface area (Å²) in [6.07, 6.45) is 3.55. The quantitative estimate of drug-likeness (QED) is 0.456. The van der Waals surface area contributed by atoms with E-state index in [1.54, 1.807) is 19.5 Å². The molecule has 0 radical (unpaired) electrons. The SMILES string of the molecule is CCNC(=NCc1nc(-c2ccc(OC)cc2)n[nH]1)N1CCN(c2ncccn2)CC1. The summed E-state index contributed by atoms with van der Waals surface area (Å²) in [5.41, 5.74) is 0.929. The number of ether oxygens (including phenoxy) is 1. The van der Waals surface area contributed by atoms with Gasteiger partial charge in [-0.3, -0.25) is 5.10 Å². The number of methoxy groups -OCH3 is 1. The average Bonchev–Trinajstić information content (AvgIpc) is 3.31. The van der Waals surface area contributed by atoms with Crippen molar-refractivity contribution in [3.8, 4) is 17.1 Å². The highest BCUT2D eigenvalue weighted by molar-refractivity contribution is 5.80. The Morgan fingerprint density at radius 2 is 1.87 bits per heavy atom. The molecule has 1 aromatic carbocycles. The number of guanidine groups is 1. The molecular formula is C21H27N9O. The second-order valence-electron chi connectivity index (χ2n) is 7.03. The lowest BCUT2D eigenvalue weighted by Gasteiger charge is -2.36. The molecule has 0 saturated carbocycles. The van der Waals surface area contributed by atoms with Gasteiger partial charge in [-0.2, -0.15) is 5.10 Å². The van der Waals surface area contributed by atoms with Crippen molar-refractivity contribution in [2.24, 2.45) is 4.99 Å². The number of rotatable bonds is 6. The molecular weight excluding hydrogens is 394 g/mol. The summed E-state index contributed by atoms with van der Waals surface area (Å²) in [4.78, 5) is 22.5. The zero-order valence-electron chi connectivity index (χ0n) is 17.8. The molecule has 10 nitrogen and oxygen atoms in total. The number of aromatic nitrogens is 5. The predicted octanol–water partition coefficient (Wildman–Crippen LogP) is 1.56. The minimum Gasteiger partial charge on any atom is -0.497 e. The summed E-state index contributed by atoms with van der Waals surface area (Å²) in [7, 11) is 1.65. The van der Waals surface area contributed by atoms with Crippen LogP contribution in [0.3, 0.4) is 0 Å². The summed E-state index contributed by atoms with van der Waals surface area (Å²) >= 11 is 0. The lowest BCUT2D eigenvalue weighted by molar-refractivity contribution is 0.370. The normalized spacial score (nSPS) is 14.6. The molecule has 3 heterocycles. The van der Waals surface area contributed by atoms with Crippen LogP contribution in [0.4, 0.5) is 5.95 Å². The van der Waals surface area contributed by atoms with E-state index in [4.69, 9.17) is 9.73 Å². The van der Waals surface area contributed by atoms with Crippen molar-refractivity contribution in [3.05, 3.63) is 48.5 Å². The predicted molar refractivity (Wildman–Crippen MR) is 119 cm³/mol. The Morgan fingerprint density at radius 3 is 2.55 bits per heavy atom. The van der Waals surface area contributed by atoms with Gasteiger partial charge >= 0.3 is 0 Å². The van der Waals surface area contributed by atoms with E-state index in [1.807, 2.05) is 30.3 Å². The molecule has 31 heavy (non-hydrogen) atoms. The molecule has 0 aliphatic carbocycles. The first-order chi connectivity index (χ1) is 15.3. The zero-order valence-corrected chi connectivity index (χ0v) is 17.8. The van der Waals surface area contributed by atoms with Crippen LogP contribution in [0.25, 0.3) is 11.4 Å². The van der Waals surface area contributed by atoms with Gasteiger partial charge < -0.3 is 19.9 Å². The number of benzene rings is 1. The Kier molecular flexibility index (Phi) is 6.56. The van der Waals surface area contributed by atoms with Gasteiger partial charge in [0.05, 0.1) is 7.11 Å². The van der Waals surface area contributed by atoms with E-state index in [2.05, 4.69) is 47.2 Å². The van der Waals surface area contributed by atoms with Gasteiger partial charge in [0.1, 0.15) is 18.1 Å². The molecule has 1 aliphatic heterocycles. The molecule has 10 heteroatoms. The lowest BCUT2D eigenvalue weighted by atomic mass is 10.2. The van der Waals surface area contributed by atoms with E-state index in [1.165, 1.54) is 0 Å². The van der Waals surface area contributed by atoms with E-state index in [-0.39, 0.29) is 0 Å². The Morgan fingerprint density at radius 1 is 1.13 bits per heavy atom. The maximum atomic E-state index is 5.20. The second-order valence-corrected chi connectivity index (χ2v) is 7.03. The van der Waals surface area contributed by atoms with Crippen LogP contribution in [-0.4, -0.2) is 75.8 Å². The first-order valence-corrected chi connectivity index (χ1v) is 10.4. The molecule has 1 saturated heterocycles. The minimum atomic E-state index is 0.424. The Labute approximate surface area is 181 Å². The molecule has 1 aliphatic rings. The van der Waals surface area contributed by atoms with E-state index in [9.17, 15) is 0 Å². The molecule has 0 bridgehead atoms. The fourth-order valence-corrected chi connectivity index (χ4v) is 3.38. The fraction of sp³-hybridized carbons (Fsp3) is 0.381. The van der Waals surface area contributed by atoms with Gasteiger partial charge in [-0.25, -0.2) is 19.9 Å². The van der Waals surface area contributed by atoms with Crippen molar-refractivity contribution in [2.75, 3.05) is 44.7 Å². The van der Waals surface area contributed by atoms with Gasteiger partial charge in [-0.1, -0.05) is 0 Å². The maximum Gasteiger partial charge on any atom is 0.225 e. The first-order valence-electron chi connectivity index (χ1n) is 10.4. The summed E-state index contributed by atoms with van der Waals surface area (Å²) in [5.74, 6) is 3.82. The number of aromatic amines is 1. The van der Waals surface area contributed by atoms with Crippen LogP contribution in [0, 0.1) is 0 Å². The number of aliphatic imine (C=N–C) groups is 1. The van der Waals surface area contributed by atoms with Crippen molar-refractivity contribution in [2.45, 2.75) is 13.5 Å². The van der Waals surface area contributed by atoms with Crippen LogP contribution in [0.2, 0.25) is 0 Å². The number of nitrogens with one attached hydrogen (secondary N) is 2. The molecule has 4 rings (SSSR count). The van der Waals surface area contributed by atoms with E-state index in [0.29, 0.717) is 12.4 Å². The number of piperazine rings is 1. The third kappa shape index (κ3) is 5.08. The van der Waals surface area contributed by atoms with Gasteiger partial charge in [0.2, 0.25) is 5.95 Å². The van der Waals surface area contributed by atoms with Crippen molar-refractivity contribution in [1.29, 1.82) is 0 Å². The Hall–Kier alpha value is -3.69. The van der Waals surface area contributed by atoms with Crippen molar-refractivity contribution in [3.63, 3.8) is 0 Å². The average molecular weight is 422 g/mol. The highest BCUT2D eigenvalue weighted by Crippen LogP contribution is 2.19. The number of H-pyrrole nitrogens is 1. The number of anilines is 1. The highest BCUT2D eigenvalue weighted by atomic mass is 16.5. The van der Waals surface area contributed by atoms with Crippen molar-refractivity contribution in [1.82, 2.24) is 35.4 Å². The second kappa shape index (κ2) is 9.88. The van der Waals surface area contributed by atoms with Crippen molar-refractivity contribution >= 4 is 11.9 Å². The van der Waals surface area contributed by atoms with Gasteiger partial charge in [-0.05, 0) is 37.3 Å². The molecule has 2 aromatic heterocycles. The summed E-state index contributed by atoms with van der Waals surface area (Å²) in [6.45, 7) is 6.67. The van der Waals surface area contributed by atoms with Crippen molar-refractivity contribution < 1.29 is 4.74 Å². The molecule has 0 amide bonds. The van der Waals surface area contributed by atoms with E-state index >= 15 is 0 Å². The minimum absolute atomic E-state index is 0.424. The Bertz CT molecular complexity index is 980. The molecule has 162 valence electrons. The number of hydrogen-bond donors (Lipinski definition) is 2. The summed E-state index contributed by atoms with van der Waals surface area (Å²) in [6, 6.07) is 9.50. The molecule has 0 atom stereocenters. The van der Waals surface area contributed by atoms with E-state index < -0.39 is 0 Å². The topological polar surface area (TPSA) is 107 Å². The van der Waals surface area contributed by atoms with Crippen LogP contribution >= 0.6 is 0 Å². The standard InChI is InChI=1S/C21H27N9O/c1-3-22-20(29-11-13-30(14-12-29)21-23-9-4-10-24-21)25-15-18-26-19(28-27-18)16-5-7-17(31-2)8-6-16/h4-10H,3,11-15H2,1-2H3,(H,22,25)(H,26,27,28). The molecule has 0 unspecified atom stereocenters. The van der Waals surface area contributed by atoms with Crippen LogP contribution in [0.5, 0.6) is 5.75 Å². The van der Waals surface area contributed by atoms with E-state index in [0.717, 1.165) is 61.8 Å². The van der Waals surface area contributed by atoms with Crippen LogP contribution in [0.15, 0.2) is 47.7 Å². The number of hydrogen-bond acceptors (Lipinski definition) is 7. The van der Waals surface area contributed by atoms with Gasteiger partial charge in [-0.15, -0.1) is 0 Å². The van der Waals surface area contributed by atoms with Gasteiger partial charge in [0.15, 0.2) is 11.8 Å². The van der Waals surface area contributed by atoms with Crippen LogP contribution < -0.4 is 15.0 Å². The van der Waals surface area contributed by atoms with Crippen LogP contribution in [-0.2, 0) is 6.54 Å². The molecule has 1 fully saturated rings. The third-order valence-corrected chi connectivity index (χ3v) is 5.01. The summed E-state index contributed by atoms with van der Waals surface area (Å²) < 4.78 is 5.20. The largest absolute Gasteiger partial charge is 0.497 e. The smallest absolute Gasteiger partial charge is 0.225 e. The van der Waals surface area contributed by atoms with Gasteiger partial charge in [0.25, 0.3) is 0 Å². The fourth-order valence-electron chi connectivity index (χ4n) is 3.38. The summed E-state index contributed by atoms with van der Waals surface area (Å²) in [5, 5.41) is 10.7. The molecule has 0 spiro atoms. The highest BCUT2D eigenvalue weighted by Gasteiger charge is 2.21. The number of nitrogens with zero attached hydrogens (tertiary/aromatic N) is 7. The third-order valence-electron chi connectivity index (χ3n) is 5.01. The van der Waals surface area contributed by atoms with Crippen LogP contribution in [0.1, 0.15) is 12.7 Å². The zero-order chi connectivity index (χ0) is 21.5. The first kappa shape index (κ1) is 20.6. The maximum absolute atomic E-state index is 5.20. The molecule has 2 N–H and O–H groups in total. The Balaban J connectivity index is 1.38. The molecule has 3 aromatic rings.